The van der Waals surface area contributed by atoms with Crippen molar-refractivity contribution in [1.82, 2.24) is 0 Å². The minimum absolute atomic E-state index is 0.289. The van der Waals surface area contributed by atoms with Gasteiger partial charge in [-0.15, -0.1) is 0 Å². The molecule has 106 valence electrons. The van der Waals surface area contributed by atoms with Crippen LogP contribution in [0, 0.1) is 0 Å². The zero-order valence-corrected chi connectivity index (χ0v) is 13.0. The minimum Gasteiger partial charge on any atom is -0.488 e. The second kappa shape index (κ2) is 6.68. The van der Waals surface area contributed by atoms with E-state index in [0.29, 0.717) is 26.4 Å². The fourth-order valence-corrected chi connectivity index (χ4v) is 2.42. The van der Waals surface area contributed by atoms with Crippen LogP contribution in [0.4, 0.5) is 0 Å². The molecular weight excluding hydrogens is 319 g/mol. The zero-order chi connectivity index (χ0) is 14.7. The van der Waals surface area contributed by atoms with Gasteiger partial charge in [0, 0.05) is 26.2 Å². The highest BCUT2D eigenvalue weighted by molar-refractivity contribution is 6.35. The Bertz CT molecular complexity index is 612. The Kier molecular flexibility index (Phi) is 5.17. The lowest BCUT2D eigenvalue weighted by Gasteiger charge is -2.14. The minimum atomic E-state index is -0.663. The number of benzene rings is 2. The van der Waals surface area contributed by atoms with E-state index in [-0.39, 0.29) is 6.61 Å². The molecule has 0 saturated heterocycles. The summed E-state index contributed by atoms with van der Waals surface area (Å²) in [6, 6.07) is 10.4. The van der Waals surface area contributed by atoms with Crippen molar-refractivity contribution in [2.45, 2.75) is 19.6 Å². The summed E-state index contributed by atoms with van der Waals surface area (Å²) in [4.78, 5) is 0. The van der Waals surface area contributed by atoms with E-state index in [1.807, 2.05) is 6.07 Å². The molecule has 0 amide bonds. The second-order valence-electron chi connectivity index (χ2n) is 4.38. The molecule has 0 aliphatic heterocycles. The summed E-state index contributed by atoms with van der Waals surface area (Å²) >= 11 is 17.9. The normalized spacial score (nSPS) is 12.2. The Morgan fingerprint density at radius 2 is 1.70 bits per heavy atom. The molecule has 2 nitrogen and oxygen atoms in total. The number of halogens is 3. The maximum absolute atomic E-state index is 9.74. The van der Waals surface area contributed by atoms with Crippen LogP contribution in [0.2, 0.25) is 15.1 Å². The predicted octanol–water partition coefficient (Wildman–Crippen LogP) is 5.28. The molecule has 2 aromatic rings. The molecule has 0 aromatic heterocycles. The molecule has 0 spiro atoms. The Labute approximate surface area is 132 Å². The fraction of sp³-hybridized carbons (Fsp3) is 0.200. The summed E-state index contributed by atoms with van der Waals surface area (Å²) in [6.07, 6.45) is -0.663. The highest BCUT2D eigenvalue weighted by atomic mass is 35.5. The second-order valence-corrected chi connectivity index (χ2v) is 5.66. The van der Waals surface area contributed by atoms with Crippen LogP contribution >= 0.6 is 34.8 Å². The van der Waals surface area contributed by atoms with Gasteiger partial charge in [-0.05, 0) is 37.3 Å². The van der Waals surface area contributed by atoms with Gasteiger partial charge in [0.05, 0.1) is 6.10 Å². The summed E-state index contributed by atoms with van der Waals surface area (Å²) in [5.74, 6) is 0.579. The van der Waals surface area contributed by atoms with Crippen molar-refractivity contribution in [1.29, 1.82) is 0 Å². The van der Waals surface area contributed by atoms with Crippen LogP contribution in [0.25, 0.3) is 0 Å². The Morgan fingerprint density at radius 3 is 2.35 bits per heavy atom. The lowest BCUT2D eigenvalue weighted by molar-refractivity contribution is 0.190. The lowest BCUT2D eigenvalue weighted by atomic mass is 10.1. The number of hydrogen-bond acceptors (Lipinski definition) is 2. The van der Waals surface area contributed by atoms with E-state index < -0.39 is 6.10 Å². The number of ether oxygens (including phenoxy) is 1. The third kappa shape index (κ3) is 3.80. The molecule has 5 heteroatoms. The maximum Gasteiger partial charge on any atom is 0.125 e. The largest absolute Gasteiger partial charge is 0.488 e. The number of aliphatic hydroxyl groups is 1. The van der Waals surface area contributed by atoms with Crippen molar-refractivity contribution >= 4 is 34.8 Å². The van der Waals surface area contributed by atoms with Gasteiger partial charge in [0.15, 0.2) is 0 Å². The van der Waals surface area contributed by atoms with Gasteiger partial charge in [-0.25, -0.2) is 0 Å². The smallest absolute Gasteiger partial charge is 0.125 e. The zero-order valence-electron chi connectivity index (χ0n) is 10.7. The van der Waals surface area contributed by atoms with E-state index in [4.69, 9.17) is 39.5 Å². The summed E-state index contributed by atoms with van der Waals surface area (Å²) in [6.45, 7) is 1.95. The van der Waals surface area contributed by atoms with Gasteiger partial charge in [-0.2, -0.15) is 0 Å². The van der Waals surface area contributed by atoms with Crippen LogP contribution in [0.1, 0.15) is 24.2 Å². The molecular formula is C15H13Cl3O2. The van der Waals surface area contributed by atoms with Gasteiger partial charge < -0.3 is 9.84 Å². The van der Waals surface area contributed by atoms with E-state index in [1.54, 1.807) is 37.3 Å². The van der Waals surface area contributed by atoms with E-state index in [2.05, 4.69) is 0 Å². The average Bonchev–Trinajstić information content (AvgIpc) is 2.38. The lowest BCUT2D eigenvalue weighted by Crippen LogP contribution is -2.01. The van der Waals surface area contributed by atoms with Crippen molar-refractivity contribution < 1.29 is 9.84 Å². The molecule has 2 rings (SSSR count). The molecule has 0 radical (unpaired) electrons. The number of hydrogen-bond donors (Lipinski definition) is 1. The van der Waals surface area contributed by atoms with Gasteiger partial charge in [0.25, 0.3) is 0 Å². The monoisotopic (exact) mass is 330 g/mol. The highest BCUT2D eigenvalue weighted by Crippen LogP contribution is 2.30. The first-order valence-corrected chi connectivity index (χ1v) is 7.15. The quantitative estimate of drug-likeness (QED) is 0.826. The van der Waals surface area contributed by atoms with E-state index in [0.717, 1.165) is 5.56 Å². The molecule has 0 unspecified atom stereocenters. The Hall–Kier alpha value is -0.930. The van der Waals surface area contributed by atoms with Crippen molar-refractivity contribution in [3.8, 4) is 5.75 Å². The van der Waals surface area contributed by atoms with Gasteiger partial charge in [-0.1, -0.05) is 40.9 Å². The Balaban J connectivity index is 2.18. The third-order valence-electron chi connectivity index (χ3n) is 2.82. The van der Waals surface area contributed by atoms with Crippen molar-refractivity contribution in [3.63, 3.8) is 0 Å². The van der Waals surface area contributed by atoms with Crippen LogP contribution in [0.15, 0.2) is 36.4 Å². The van der Waals surface area contributed by atoms with Crippen LogP contribution in [0.3, 0.4) is 0 Å². The Morgan fingerprint density at radius 1 is 1.05 bits per heavy atom. The SMILES string of the molecule is C[C@@H](O)c1cc(Cl)ccc1OCc1ccc(Cl)cc1Cl. The average molecular weight is 332 g/mol. The van der Waals surface area contributed by atoms with Crippen molar-refractivity contribution in [2.24, 2.45) is 0 Å². The molecule has 1 N–H and O–H groups in total. The van der Waals surface area contributed by atoms with Crippen LogP contribution in [0.5, 0.6) is 5.75 Å². The molecule has 0 aliphatic rings. The van der Waals surface area contributed by atoms with Crippen molar-refractivity contribution in [3.05, 3.63) is 62.6 Å². The first-order valence-electron chi connectivity index (χ1n) is 6.01. The van der Waals surface area contributed by atoms with Gasteiger partial charge in [0.1, 0.15) is 12.4 Å². The fourth-order valence-electron chi connectivity index (χ4n) is 1.77. The molecule has 0 heterocycles. The molecule has 20 heavy (non-hydrogen) atoms. The van der Waals surface area contributed by atoms with E-state index >= 15 is 0 Å². The van der Waals surface area contributed by atoms with Gasteiger partial charge in [-0.3, -0.25) is 0 Å². The maximum atomic E-state index is 9.74. The summed E-state index contributed by atoms with van der Waals surface area (Å²) in [5.41, 5.74) is 1.46. The standard InChI is InChI=1S/C15H13Cl3O2/c1-9(19)13-6-11(16)4-5-15(13)20-8-10-2-3-12(17)7-14(10)18/h2-7,9,19H,8H2,1H3/t9-/m1/s1. The van der Waals surface area contributed by atoms with E-state index in [1.165, 1.54) is 0 Å². The summed E-state index contributed by atoms with van der Waals surface area (Å²) in [7, 11) is 0. The first-order chi connectivity index (χ1) is 9.47. The molecule has 0 aliphatic carbocycles. The molecule has 0 saturated carbocycles. The van der Waals surface area contributed by atoms with Crippen LogP contribution in [-0.4, -0.2) is 5.11 Å². The van der Waals surface area contributed by atoms with Crippen molar-refractivity contribution in [2.75, 3.05) is 0 Å². The van der Waals surface area contributed by atoms with Gasteiger partial charge in [0.2, 0.25) is 0 Å². The highest BCUT2D eigenvalue weighted by Gasteiger charge is 2.11. The predicted molar refractivity (Wildman–Crippen MR) is 82.9 cm³/mol. The van der Waals surface area contributed by atoms with E-state index in [9.17, 15) is 5.11 Å². The molecule has 0 fully saturated rings. The summed E-state index contributed by atoms with van der Waals surface area (Å²) < 4.78 is 5.71. The number of rotatable bonds is 4. The van der Waals surface area contributed by atoms with Gasteiger partial charge >= 0.3 is 0 Å². The number of aliphatic hydroxyl groups excluding tert-OH is 1. The van der Waals surface area contributed by atoms with Crippen LogP contribution in [-0.2, 0) is 6.61 Å². The first kappa shape index (κ1) is 15.5. The molecule has 0 bridgehead atoms. The summed E-state index contributed by atoms with van der Waals surface area (Å²) in [5, 5.41) is 11.4. The topological polar surface area (TPSA) is 29.5 Å². The molecule has 2 aromatic carbocycles. The van der Waals surface area contributed by atoms with Crippen LogP contribution < -0.4 is 4.74 Å². The molecule has 1 atom stereocenters. The third-order valence-corrected chi connectivity index (χ3v) is 3.64.